The van der Waals surface area contributed by atoms with Gasteiger partial charge < -0.3 is 20.7 Å². The average molecular weight is 924 g/mol. The lowest BCUT2D eigenvalue weighted by Gasteiger charge is -2.33. The van der Waals surface area contributed by atoms with Crippen molar-refractivity contribution >= 4 is 46.8 Å². The van der Waals surface area contributed by atoms with Crippen LogP contribution in [0.4, 0.5) is 0 Å². The molecule has 0 radical (unpaired) electrons. The second-order valence-electron chi connectivity index (χ2n) is 23.2. The highest BCUT2D eigenvalue weighted by Crippen LogP contribution is 2.38. The summed E-state index contributed by atoms with van der Waals surface area (Å²) >= 11 is 0. The van der Waals surface area contributed by atoms with E-state index in [0.717, 1.165) is 103 Å². The van der Waals surface area contributed by atoms with Gasteiger partial charge in [0.2, 0.25) is 17.7 Å². The Morgan fingerprint density at radius 1 is 0.515 bits per heavy atom. The third-order valence-corrected chi connectivity index (χ3v) is 15.7. The Labute approximate surface area is 397 Å². The van der Waals surface area contributed by atoms with E-state index in [-0.39, 0.29) is 113 Å². The molecule has 4 aliphatic carbocycles. The van der Waals surface area contributed by atoms with E-state index >= 15 is 0 Å². The number of esters is 1. The van der Waals surface area contributed by atoms with E-state index in [4.69, 9.17) is 4.74 Å². The van der Waals surface area contributed by atoms with E-state index in [2.05, 4.69) is 16.0 Å². The summed E-state index contributed by atoms with van der Waals surface area (Å²) in [5, 5.41) is 9.09. The van der Waals surface area contributed by atoms with Crippen molar-refractivity contribution in [3.8, 4) is 0 Å². The van der Waals surface area contributed by atoms with Gasteiger partial charge in [-0.3, -0.25) is 38.4 Å². The van der Waals surface area contributed by atoms with Crippen LogP contribution in [0.1, 0.15) is 204 Å². The van der Waals surface area contributed by atoms with Crippen molar-refractivity contribution in [1.29, 1.82) is 0 Å². The summed E-state index contributed by atoms with van der Waals surface area (Å²) in [5.41, 5.74) is -0.962. The highest BCUT2D eigenvalue weighted by atomic mass is 16.6. The summed E-state index contributed by atoms with van der Waals surface area (Å²) in [6, 6.07) is -0.684. The van der Waals surface area contributed by atoms with Gasteiger partial charge in [0, 0.05) is 73.8 Å². The van der Waals surface area contributed by atoms with Crippen LogP contribution in [-0.2, 0) is 43.1 Å². The molecule has 0 aliphatic heterocycles. The maximum absolute atomic E-state index is 13.7. The Bertz CT molecular complexity index is 1680. The van der Waals surface area contributed by atoms with Crippen molar-refractivity contribution in [3.63, 3.8) is 0 Å². The van der Waals surface area contributed by atoms with Crippen molar-refractivity contribution < 1.29 is 43.1 Å². The Balaban J connectivity index is 1.21. The van der Waals surface area contributed by atoms with Crippen LogP contribution >= 0.6 is 0 Å². The van der Waals surface area contributed by atoms with E-state index in [1.807, 2.05) is 41.5 Å². The van der Waals surface area contributed by atoms with Crippen LogP contribution in [0.3, 0.4) is 0 Å². The molecule has 3 amide bonds. The molecule has 374 valence electrons. The maximum Gasteiger partial charge on any atom is 0.309 e. The number of Topliss-reactive ketones (excluding diaryl/α,β-unsaturated/α-hetero) is 4. The quantitative estimate of drug-likeness (QED) is 0.0892. The largest absolute Gasteiger partial charge is 0.460 e. The number of hydrogen-bond acceptors (Lipinski definition) is 9. The number of carbonyl (C=O) groups excluding carboxylic acids is 8. The summed E-state index contributed by atoms with van der Waals surface area (Å²) in [6.07, 6.45) is 16.5. The fraction of sp³-hybridized carbons (Fsp3) is 0.852. The fourth-order valence-corrected chi connectivity index (χ4v) is 11.4. The topological polar surface area (TPSA) is 182 Å². The van der Waals surface area contributed by atoms with Gasteiger partial charge in [-0.1, -0.05) is 86.0 Å². The van der Waals surface area contributed by atoms with Crippen molar-refractivity contribution in [2.45, 2.75) is 215 Å². The van der Waals surface area contributed by atoms with Gasteiger partial charge in [0.25, 0.3) is 0 Å². The molecule has 2 unspecified atom stereocenters. The van der Waals surface area contributed by atoms with Crippen molar-refractivity contribution in [1.82, 2.24) is 16.0 Å². The molecule has 12 nitrogen and oxygen atoms in total. The molecule has 4 aliphatic rings. The lowest BCUT2D eigenvalue weighted by Crippen LogP contribution is -2.47. The second-order valence-corrected chi connectivity index (χ2v) is 23.2. The molecule has 0 heterocycles. The summed E-state index contributed by atoms with van der Waals surface area (Å²) in [5.74, 6) is -2.17. The summed E-state index contributed by atoms with van der Waals surface area (Å²) < 4.78 is 5.68. The van der Waals surface area contributed by atoms with Crippen molar-refractivity contribution in [3.05, 3.63) is 0 Å². The molecule has 0 saturated heterocycles. The number of hydrogen-bond donors (Lipinski definition) is 3. The van der Waals surface area contributed by atoms with Crippen LogP contribution in [0.15, 0.2) is 0 Å². The molecular formula is C54H89N3O9. The van der Waals surface area contributed by atoms with Gasteiger partial charge in [0.1, 0.15) is 23.0 Å². The molecule has 11 atom stereocenters. The lowest BCUT2D eigenvalue weighted by atomic mass is 9.72. The normalized spacial score (nSPS) is 27.6. The van der Waals surface area contributed by atoms with E-state index in [1.165, 1.54) is 0 Å². The third kappa shape index (κ3) is 17.3. The third-order valence-electron chi connectivity index (χ3n) is 15.7. The van der Waals surface area contributed by atoms with Gasteiger partial charge in [-0.15, -0.1) is 0 Å². The standard InChI is InChI=1S/C54H89N3O9/c1-34(31-47(60)42-23-15-11-19-38(42)27-29-48(61)53(4,5)6)49(62)55-32-39-20-12-16-24-43(39)51(64)57-36(3)45(58)28-26-37-18-10-14-22-41(37)46(59)30-35(2)50(63)56-33-40-21-13-17-25-44(40)52(65)66-54(7,8)9/h34-44H,10-33H2,1-9H3,(H,55,62)(H,56,63)(H,57,64)/t34-,35-,36+,37-,38-,39?,40-,41+,42+,43+,44?/m0/s1. The fourth-order valence-electron chi connectivity index (χ4n) is 11.4. The zero-order chi connectivity index (χ0) is 48.8. The van der Waals surface area contributed by atoms with Gasteiger partial charge in [0.15, 0.2) is 5.78 Å². The molecule has 0 aromatic rings. The molecule has 0 bridgehead atoms. The second kappa shape index (κ2) is 25.8. The van der Waals surface area contributed by atoms with Crippen LogP contribution < -0.4 is 16.0 Å². The minimum atomic E-state index is -0.684. The van der Waals surface area contributed by atoms with Gasteiger partial charge in [-0.25, -0.2) is 0 Å². The highest BCUT2D eigenvalue weighted by molar-refractivity contribution is 5.91. The van der Waals surface area contributed by atoms with Gasteiger partial charge in [-0.05, 0) is 116 Å². The molecule has 4 rings (SSSR count). The van der Waals surface area contributed by atoms with E-state index < -0.39 is 28.9 Å². The summed E-state index contributed by atoms with van der Waals surface area (Å²) in [4.78, 5) is 107. The zero-order valence-corrected chi connectivity index (χ0v) is 42.5. The Hall–Kier alpha value is -3.44. The van der Waals surface area contributed by atoms with Crippen molar-refractivity contribution in [2.24, 2.45) is 64.6 Å². The number of nitrogens with one attached hydrogen (secondary N) is 3. The Kier molecular flexibility index (Phi) is 21.6. The molecule has 4 saturated carbocycles. The first-order valence-electron chi connectivity index (χ1n) is 26.3. The van der Waals surface area contributed by atoms with E-state index in [1.54, 1.807) is 20.8 Å². The number of carbonyl (C=O) groups is 8. The Morgan fingerprint density at radius 3 is 1.36 bits per heavy atom. The molecule has 0 spiro atoms. The van der Waals surface area contributed by atoms with Crippen LogP contribution in [0.5, 0.6) is 0 Å². The molecular weight excluding hydrogens is 835 g/mol. The molecule has 0 aromatic carbocycles. The SMILES string of the molecule is C[C@@H](CC(=O)[C@@H]1CCCC[C@H]1CCC(=O)C(C)(C)C)C(=O)NCC1CCCC[C@H]1C(=O)N[C@H](C)C(=O)CC[C@@H]1CCCC[C@H]1C(=O)C[C@H](C)C(=O)NC[C@@H]1CCCCC1C(=O)OC(C)(C)C. The minimum absolute atomic E-state index is 0.00702. The number of amides is 3. The maximum atomic E-state index is 13.7. The zero-order valence-electron chi connectivity index (χ0n) is 42.5. The first-order chi connectivity index (χ1) is 31.0. The molecule has 0 aromatic heterocycles. The van der Waals surface area contributed by atoms with Crippen LogP contribution in [0.25, 0.3) is 0 Å². The van der Waals surface area contributed by atoms with Crippen LogP contribution in [0.2, 0.25) is 0 Å². The van der Waals surface area contributed by atoms with Crippen molar-refractivity contribution in [2.75, 3.05) is 13.1 Å². The first-order valence-corrected chi connectivity index (χ1v) is 26.3. The van der Waals surface area contributed by atoms with Gasteiger partial charge >= 0.3 is 5.97 Å². The Morgan fingerprint density at radius 2 is 0.909 bits per heavy atom. The number of ether oxygens (including phenoxy) is 1. The predicted molar refractivity (Wildman–Crippen MR) is 257 cm³/mol. The molecule has 3 N–H and O–H groups in total. The molecule has 66 heavy (non-hydrogen) atoms. The van der Waals surface area contributed by atoms with Crippen LogP contribution in [-0.4, -0.2) is 71.6 Å². The molecule has 4 fully saturated rings. The highest BCUT2D eigenvalue weighted by Gasteiger charge is 2.38. The monoisotopic (exact) mass is 924 g/mol. The summed E-state index contributed by atoms with van der Waals surface area (Å²) in [6.45, 7) is 17.4. The number of rotatable bonds is 22. The number of ketones is 4. The predicted octanol–water partition coefficient (Wildman–Crippen LogP) is 9.23. The average Bonchev–Trinajstić information content (AvgIpc) is 3.27. The first kappa shape index (κ1) is 55.2. The van der Waals surface area contributed by atoms with E-state index in [0.29, 0.717) is 32.4 Å². The van der Waals surface area contributed by atoms with Crippen LogP contribution in [0, 0.1) is 64.6 Å². The van der Waals surface area contributed by atoms with E-state index in [9.17, 15) is 38.4 Å². The lowest BCUT2D eigenvalue weighted by molar-refractivity contribution is -0.163. The van der Waals surface area contributed by atoms with Gasteiger partial charge in [0.05, 0.1) is 12.0 Å². The summed E-state index contributed by atoms with van der Waals surface area (Å²) in [7, 11) is 0. The van der Waals surface area contributed by atoms with Gasteiger partial charge in [-0.2, -0.15) is 0 Å². The minimum Gasteiger partial charge on any atom is -0.460 e. The molecule has 12 heteroatoms. The smallest absolute Gasteiger partial charge is 0.309 e.